The van der Waals surface area contributed by atoms with Crippen molar-refractivity contribution in [3.05, 3.63) is 29.8 Å². The van der Waals surface area contributed by atoms with Crippen molar-refractivity contribution in [1.29, 1.82) is 0 Å². The third-order valence-electron chi connectivity index (χ3n) is 5.52. The van der Waals surface area contributed by atoms with Gasteiger partial charge in [0.25, 0.3) is 0 Å². The lowest BCUT2D eigenvalue weighted by molar-refractivity contribution is 0.0697. The molecule has 0 aliphatic heterocycles. The molecular weight excluding hydrogens is 312 g/mol. The molecule has 140 valence electrons. The van der Waals surface area contributed by atoms with Crippen molar-refractivity contribution < 1.29 is 14.6 Å². The number of carboxylic acids is 1. The van der Waals surface area contributed by atoms with Gasteiger partial charge in [-0.25, -0.2) is 4.79 Å². The molecule has 1 aromatic carbocycles. The van der Waals surface area contributed by atoms with Gasteiger partial charge in [0, 0.05) is 0 Å². The summed E-state index contributed by atoms with van der Waals surface area (Å²) in [5.74, 6) is 1.46. The van der Waals surface area contributed by atoms with E-state index in [1.165, 1.54) is 70.6 Å². The second-order valence-electron chi connectivity index (χ2n) is 7.58. The number of hydrogen-bond donors (Lipinski definition) is 1. The van der Waals surface area contributed by atoms with Crippen molar-refractivity contribution in [2.24, 2.45) is 11.8 Å². The summed E-state index contributed by atoms with van der Waals surface area (Å²) in [6.45, 7) is 3.03. The van der Waals surface area contributed by atoms with Crippen molar-refractivity contribution in [2.75, 3.05) is 6.61 Å². The molecule has 3 heteroatoms. The Bertz CT molecular complexity index is 486. The Morgan fingerprint density at radius 3 is 2.20 bits per heavy atom. The van der Waals surface area contributed by atoms with E-state index >= 15 is 0 Å². The van der Waals surface area contributed by atoms with Gasteiger partial charge in [0.05, 0.1) is 12.2 Å². The Labute approximate surface area is 152 Å². The zero-order chi connectivity index (χ0) is 17.9. The predicted octanol–water partition coefficient (Wildman–Crippen LogP) is 6.32. The molecule has 0 saturated heterocycles. The summed E-state index contributed by atoms with van der Waals surface area (Å²) in [5, 5.41) is 8.91. The van der Waals surface area contributed by atoms with Crippen LogP contribution < -0.4 is 4.74 Å². The number of rotatable bonds is 11. The monoisotopic (exact) mass is 346 g/mol. The van der Waals surface area contributed by atoms with Gasteiger partial charge in [-0.1, -0.05) is 64.7 Å². The first-order chi connectivity index (χ1) is 12.2. The molecule has 0 spiro atoms. The average molecular weight is 347 g/mol. The first-order valence-electron chi connectivity index (χ1n) is 10.1. The third kappa shape index (κ3) is 7.50. The van der Waals surface area contributed by atoms with Crippen LogP contribution in [0.3, 0.4) is 0 Å². The molecule has 1 aliphatic rings. The molecule has 1 aromatic rings. The molecule has 0 atom stereocenters. The minimum absolute atomic E-state index is 0.308. The van der Waals surface area contributed by atoms with Crippen LogP contribution in [0.2, 0.25) is 0 Å². The molecule has 0 amide bonds. The van der Waals surface area contributed by atoms with Crippen LogP contribution in [0.15, 0.2) is 24.3 Å². The van der Waals surface area contributed by atoms with Gasteiger partial charge in [-0.05, 0) is 48.9 Å². The van der Waals surface area contributed by atoms with E-state index in [9.17, 15) is 4.79 Å². The number of hydrogen-bond acceptors (Lipinski definition) is 2. The van der Waals surface area contributed by atoms with E-state index in [-0.39, 0.29) is 0 Å². The number of benzene rings is 1. The Hall–Kier alpha value is -1.51. The SMILES string of the molecule is CCCCCCCC[C@H]1CC[C@H](COc2ccc(C(=O)O)cc2)CC1. The molecule has 1 N–H and O–H groups in total. The van der Waals surface area contributed by atoms with E-state index in [2.05, 4.69) is 6.92 Å². The minimum Gasteiger partial charge on any atom is -0.493 e. The number of unbranched alkanes of at least 4 members (excludes halogenated alkanes) is 5. The highest BCUT2D eigenvalue weighted by Crippen LogP contribution is 2.32. The molecule has 0 unspecified atom stereocenters. The summed E-state index contributed by atoms with van der Waals surface area (Å²) in [6.07, 6.45) is 15.0. The van der Waals surface area contributed by atoms with Gasteiger partial charge in [-0.15, -0.1) is 0 Å². The molecule has 0 aromatic heterocycles. The fourth-order valence-corrected chi connectivity index (χ4v) is 3.81. The van der Waals surface area contributed by atoms with Crippen molar-refractivity contribution in [3.63, 3.8) is 0 Å². The maximum absolute atomic E-state index is 10.8. The predicted molar refractivity (Wildman–Crippen MR) is 102 cm³/mol. The lowest BCUT2D eigenvalue weighted by Gasteiger charge is -2.28. The first kappa shape index (κ1) is 19.8. The van der Waals surface area contributed by atoms with Crippen LogP contribution in [0.1, 0.15) is 87.9 Å². The largest absolute Gasteiger partial charge is 0.493 e. The van der Waals surface area contributed by atoms with Crippen LogP contribution >= 0.6 is 0 Å². The van der Waals surface area contributed by atoms with Crippen LogP contribution in [0.5, 0.6) is 5.75 Å². The molecule has 1 fully saturated rings. The van der Waals surface area contributed by atoms with Gasteiger partial charge in [0.2, 0.25) is 0 Å². The Kier molecular flexibility index (Phi) is 8.85. The Morgan fingerprint density at radius 1 is 0.960 bits per heavy atom. The highest BCUT2D eigenvalue weighted by Gasteiger charge is 2.21. The Morgan fingerprint density at radius 2 is 1.56 bits per heavy atom. The van der Waals surface area contributed by atoms with E-state index < -0.39 is 5.97 Å². The molecule has 25 heavy (non-hydrogen) atoms. The number of carbonyl (C=O) groups is 1. The quantitative estimate of drug-likeness (QED) is 0.477. The first-order valence-corrected chi connectivity index (χ1v) is 10.1. The topological polar surface area (TPSA) is 46.5 Å². The van der Waals surface area contributed by atoms with Crippen molar-refractivity contribution in [1.82, 2.24) is 0 Å². The fourth-order valence-electron chi connectivity index (χ4n) is 3.81. The van der Waals surface area contributed by atoms with E-state index in [0.717, 1.165) is 18.3 Å². The summed E-state index contributed by atoms with van der Waals surface area (Å²) in [6, 6.07) is 6.73. The molecule has 0 heterocycles. The van der Waals surface area contributed by atoms with Crippen molar-refractivity contribution >= 4 is 5.97 Å². The standard InChI is InChI=1S/C22H34O3/c1-2-3-4-5-6-7-8-18-9-11-19(12-10-18)17-25-21-15-13-20(14-16-21)22(23)24/h13-16,18-19H,2-12,17H2,1H3,(H,23,24)/t18-,19-. The van der Waals surface area contributed by atoms with Gasteiger partial charge in [-0.2, -0.15) is 0 Å². The van der Waals surface area contributed by atoms with Gasteiger partial charge >= 0.3 is 5.97 Å². The van der Waals surface area contributed by atoms with Crippen LogP contribution in [0.4, 0.5) is 0 Å². The smallest absolute Gasteiger partial charge is 0.335 e. The third-order valence-corrected chi connectivity index (χ3v) is 5.52. The van der Waals surface area contributed by atoms with Crippen molar-refractivity contribution in [3.8, 4) is 5.75 Å². The maximum atomic E-state index is 10.8. The molecule has 1 aliphatic carbocycles. The minimum atomic E-state index is -0.893. The second-order valence-corrected chi connectivity index (χ2v) is 7.58. The van der Waals surface area contributed by atoms with Crippen LogP contribution in [-0.4, -0.2) is 17.7 Å². The molecule has 0 bridgehead atoms. The molecule has 3 nitrogen and oxygen atoms in total. The van der Waals surface area contributed by atoms with E-state index in [1.54, 1.807) is 24.3 Å². The highest BCUT2D eigenvalue weighted by atomic mass is 16.5. The van der Waals surface area contributed by atoms with Crippen LogP contribution in [0.25, 0.3) is 0 Å². The second kappa shape index (κ2) is 11.2. The van der Waals surface area contributed by atoms with Gasteiger partial charge in [0.1, 0.15) is 5.75 Å². The normalized spacial score (nSPS) is 20.4. The molecular formula is C22H34O3. The number of carboxylic acid groups (broad SMARTS) is 1. The van der Waals surface area contributed by atoms with E-state index in [0.29, 0.717) is 11.5 Å². The molecule has 1 saturated carbocycles. The summed E-state index contributed by atoms with van der Waals surface area (Å²) in [7, 11) is 0. The number of aromatic carboxylic acids is 1. The molecule has 0 radical (unpaired) electrons. The summed E-state index contributed by atoms with van der Waals surface area (Å²) < 4.78 is 5.86. The summed E-state index contributed by atoms with van der Waals surface area (Å²) >= 11 is 0. The van der Waals surface area contributed by atoms with E-state index in [1.807, 2.05) is 0 Å². The average Bonchev–Trinajstić information content (AvgIpc) is 2.64. The lowest BCUT2D eigenvalue weighted by atomic mass is 9.80. The van der Waals surface area contributed by atoms with Crippen LogP contribution in [-0.2, 0) is 0 Å². The lowest BCUT2D eigenvalue weighted by Crippen LogP contribution is -2.20. The zero-order valence-electron chi connectivity index (χ0n) is 15.7. The molecule has 2 rings (SSSR count). The summed E-state index contributed by atoms with van der Waals surface area (Å²) in [5.41, 5.74) is 0.308. The fraction of sp³-hybridized carbons (Fsp3) is 0.682. The Balaban J connectivity index is 1.56. The highest BCUT2D eigenvalue weighted by molar-refractivity contribution is 5.87. The van der Waals surface area contributed by atoms with Crippen LogP contribution in [0, 0.1) is 11.8 Å². The summed E-state index contributed by atoms with van der Waals surface area (Å²) in [4.78, 5) is 10.8. The maximum Gasteiger partial charge on any atom is 0.335 e. The van der Waals surface area contributed by atoms with Gasteiger partial charge in [-0.3, -0.25) is 0 Å². The van der Waals surface area contributed by atoms with Gasteiger partial charge in [0.15, 0.2) is 0 Å². The zero-order valence-corrected chi connectivity index (χ0v) is 15.7. The van der Waals surface area contributed by atoms with Crippen molar-refractivity contribution in [2.45, 2.75) is 77.6 Å². The van der Waals surface area contributed by atoms with Gasteiger partial charge < -0.3 is 9.84 Å². The van der Waals surface area contributed by atoms with E-state index in [4.69, 9.17) is 9.84 Å². The number of ether oxygens (including phenoxy) is 1.